The Morgan fingerprint density at radius 2 is 1.48 bits per heavy atom. The number of nitrogens with one attached hydrogen (secondary N) is 3. The fourth-order valence-electron chi connectivity index (χ4n) is 2.74. The lowest BCUT2D eigenvalue weighted by Gasteiger charge is -2.21. The van der Waals surface area contributed by atoms with Crippen molar-refractivity contribution in [3.63, 3.8) is 0 Å². The van der Waals surface area contributed by atoms with Crippen molar-refractivity contribution in [2.45, 2.75) is 13.8 Å². The first-order chi connectivity index (χ1) is 15.7. The Morgan fingerprint density at radius 3 is 2.09 bits per heavy atom. The van der Waals surface area contributed by atoms with Gasteiger partial charge in [-0.1, -0.05) is 23.2 Å². The number of anilines is 1. The first kappa shape index (κ1) is 26.0. The predicted molar refractivity (Wildman–Crippen MR) is 125 cm³/mol. The third-order valence-corrected chi connectivity index (χ3v) is 5.25. The molecular weight excluding hydrogens is 471 g/mol. The topological polar surface area (TPSA) is 117 Å². The Bertz CT molecular complexity index is 1010. The normalized spacial score (nSPS) is 10.2. The number of amides is 3. The van der Waals surface area contributed by atoms with Crippen molar-refractivity contribution in [2.75, 3.05) is 31.1 Å². The Morgan fingerprint density at radius 1 is 0.848 bits per heavy atom. The summed E-state index contributed by atoms with van der Waals surface area (Å²) in [5.41, 5.74) is 5.95. The van der Waals surface area contributed by atoms with Gasteiger partial charge in [0.05, 0.1) is 10.0 Å². The van der Waals surface area contributed by atoms with Crippen molar-refractivity contribution in [3.8, 4) is 0 Å². The van der Waals surface area contributed by atoms with Crippen LogP contribution in [0.1, 0.15) is 34.6 Å². The number of rotatable bonds is 9. The van der Waals surface area contributed by atoms with Gasteiger partial charge in [0.25, 0.3) is 17.7 Å². The molecule has 11 heteroatoms. The molecule has 0 saturated heterocycles. The van der Waals surface area contributed by atoms with Crippen LogP contribution in [0.4, 0.5) is 5.69 Å². The summed E-state index contributed by atoms with van der Waals surface area (Å²) in [6, 6.07) is 11.2. The first-order valence-corrected chi connectivity index (χ1v) is 10.8. The van der Waals surface area contributed by atoms with Crippen LogP contribution in [0.3, 0.4) is 0 Å². The summed E-state index contributed by atoms with van der Waals surface area (Å²) in [5.74, 6) is -2.66. The van der Waals surface area contributed by atoms with Crippen LogP contribution in [0.25, 0.3) is 0 Å². The number of hydrogen-bond donors (Lipinski definition) is 3. The number of benzene rings is 2. The average molecular weight is 495 g/mol. The molecule has 0 saturated carbocycles. The number of hydrazine groups is 1. The van der Waals surface area contributed by atoms with Crippen LogP contribution < -0.4 is 21.1 Å². The molecule has 0 atom stereocenters. The van der Waals surface area contributed by atoms with Gasteiger partial charge in [-0.3, -0.25) is 30.0 Å². The van der Waals surface area contributed by atoms with E-state index in [1.54, 1.807) is 12.1 Å². The van der Waals surface area contributed by atoms with Crippen LogP contribution >= 0.6 is 23.2 Å². The fraction of sp³-hybridized carbons (Fsp3) is 0.273. The molecule has 3 N–H and O–H groups in total. The zero-order valence-corrected chi connectivity index (χ0v) is 19.6. The second kappa shape index (κ2) is 12.7. The summed E-state index contributed by atoms with van der Waals surface area (Å²) in [5, 5.41) is 2.83. The molecule has 0 aliphatic carbocycles. The maximum atomic E-state index is 12.2. The molecule has 0 aliphatic rings. The lowest BCUT2D eigenvalue weighted by Crippen LogP contribution is -2.44. The van der Waals surface area contributed by atoms with Crippen molar-refractivity contribution in [1.82, 2.24) is 16.2 Å². The molecule has 0 aromatic heterocycles. The fourth-order valence-corrected chi connectivity index (χ4v) is 3.03. The molecule has 9 nitrogen and oxygen atoms in total. The summed E-state index contributed by atoms with van der Waals surface area (Å²) in [4.78, 5) is 49.8. The molecule has 0 heterocycles. The summed E-state index contributed by atoms with van der Waals surface area (Å²) < 4.78 is 4.77. The van der Waals surface area contributed by atoms with Gasteiger partial charge >= 0.3 is 5.97 Å². The van der Waals surface area contributed by atoms with Crippen molar-refractivity contribution < 1.29 is 23.9 Å². The molecule has 0 spiro atoms. The number of carbonyl (C=O) groups excluding carboxylic acids is 4. The minimum Gasteiger partial charge on any atom is -0.454 e. The minimum absolute atomic E-state index is 0.199. The lowest BCUT2D eigenvalue weighted by molar-refractivity contribution is -0.147. The molecule has 176 valence electrons. The zero-order valence-electron chi connectivity index (χ0n) is 18.1. The molecule has 2 rings (SSSR count). The standard InChI is InChI=1S/C22H24Cl2N4O5/c1-3-28(4-2)16-8-5-14(6-9-16)22(32)27-26-19(29)13-33-20(30)12-25-21(31)15-7-10-17(23)18(24)11-15/h5-11H,3-4,12-13H2,1-2H3,(H,25,31)(H,26,29)(H,27,32). The van der Waals surface area contributed by atoms with Gasteiger partial charge in [-0.15, -0.1) is 0 Å². The van der Waals surface area contributed by atoms with Crippen molar-refractivity contribution >= 4 is 52.6 Å². The Hall–Kier alpha value is -3.30. The van der Waals surface area contributed by atoms with E-state index >= 15 is 0 Å². The molecule has 0 fully saturated rings. The second-order valence-electron chi connectivity index (χ2n) is 6.69. The SMILES string of the molecule is CCN(CC)c1ccc(C(=O)NNC(=O)COC(=O)CNC(=O)c2ccc(Cl)c(Cl)c2)cc1. The van der Waals surface area contributed by atoms with E-state index in [0.717, 1.165) is 18.8 Å². The van der Waals surface area contributed by atoms with Gasteiger partial charge in [-0.2, -0.15) is 0 Å². The Balaban J connectivity index is 1.71. The molecule has 0 radical (unpaired) electrons. The van der Waals surface area contributed by atoms with Gasteiger partial charge in [0.2, 0.25) is 0 Å². The average Bonchev–Trinajstić information content (AvgIpc) is 2.82. The minimum atomic E-state index is -0.836. The molecular formula is C22H24Cl2N4O5. The number of carbonyl (C=O) groups is 4. The van der Waals surface area contributed by atoms with Crippen LogP contribution in [0, 0.1) is 0 Å². The van der Waals surface area contributed by atoms with Gasteiger partial charge in [0.15, 0.2) is 6.61 Å². The number of ether oxygens (including phenoxy) is 1. The molecule has 2 aromatic rings. The van der Waals surface area contributed by atoms with Crippen LogP contribution in [-0.4, -0.2) is 49.9 Å². The summed E-state index contributed by atoms with van der Waals surface area (Å²) in [6.07, 6.45) is 0. The number of hydrogen-bond acceptors (Lipinski definition) is 6. The van der Waals surface area contributed by atoms with Crippen molar-refractivity contribution in [2.24, 2.45) is 0 Å². The van der Waals surface area contributed by atoms with Gasteiger partial charge < -0.3 is 15.0 Å². The molecule has 2 aromatic carbocycles. The van der Waals surface area contributed by atoms with Crippen LogP contribution in [0.15, 0.2) is 42.5 Å². The molecule has 0 unspecified atom stereocenters. The van der Waals surface area contributed by atoms with E-state index in [2.05, 4.69) is 21.1 Å². The smallest absolute Gasteiger partial charge is 0.325 e. The third kappa shape index (κ3) is 7.96. The molecule has 0 bridgehead atoms. The molecule has 33 heavy (non-hydrogen) atoms. The Labute approximate surface area is 201 Å². The van der Waals surface area contributed by atoms with Gasteiger partial charge in [-0.05, 0) is 56.3 Å². The number of esters is 1. The highest BCUT2D eigenvalue weighted by Crippen LogP contribution is 2.22. The monoisotopic (exact) mass is 494 g/mol. The maximum Gasteiger partial charge on any atom is 0.325 e. The van der Waals surface area contributed by atoms with Crippen LogP contribution in [0.2, 0.25) is 10.0 Å². The number of nitrogens with zero attached hydrogens (tertiary/aromatic N) is 1. The second-order valence-corrected chi connectivity index (χ2v) is 7.51. The molecule has 3 amide bonds. The van der Waals surface area contributed by atoms with E-state index in [1.165, 1.54) is 18.2 Å². The largest absolute Gasteiger partial charge is 0.454 e. The van der Waals surface area contributed by atoms with E-state index in [0.29, 0.717) is 10.6 Å². The van der Waals surface area contributed by atoms with Crippen molar-refractivity contribution in [3.05, 3.63) is 63.6 Å². The van der Waals surface area contributed by atoms with E-state index in [1.807, 2.05) is 26.0 Å². The zero-order chi connectivity index (χ0) is 24.4. The predicted octanol–water partition coefficient (Wildman–Crippen LogP) is 2.57. The third-order valence-electron chi connectivity index (χ3n) is 4.51. The van der Waals surface area contributed by atoms with Crippen LogP contribution in [-0.2, 0) is 14.3 Å². The lowest BCUT2D eigenvalue weighted by atomic mass is 10.2. The van der Waals surface area contributed by atoms with Gasteiger partial charge in [0.1, 0.15) is 6.54 Å². The molecule has 0 aliphatic heterocycles. The summed E-state index contributed by atoms with van der Waals surface area (Å²) >= 11 is 11.6. The van der Waals surface area contributed by atoms with E-state index in [9.17, 15) is 19.2 Å². The van der Waals surface area contributed by atoms with E-state index < -0.39 is 36.8 Å². The van der Waals surface area contributed by atoms with Gasteiger partial charge in [-0.25, -0.2) is 0 Å². The van der Waals surface area contributed by atoms with E-state index in [4.69, 9.17) is 27.9 Å². The van der Waals surface area contributed by atoms with Crippen LogP contribution in [0.5, 0.6) is 0 Å². The van der Waals surface area contributed by atoms with Crippen molar-refractivity contribution in [1.29, 1.82) is 0 Å². The highest BCUT2D eigenvalue weighted by atomic mass is 35.5. The highest BCUT2D eigenvalue weighted by molar-refractivity contribution is 6.42. The number of halogens is 2. The quantitative estimate of drug-likeness (QED) is 0.364. The Kier molecular flexibility index (Phi) is 9.96. The van der Waals surface area contributed by atoms with Gasteiger partial charge in [0, 0.05) is 29.9 Å². The highest BCUT2D eigenvalue weighted by Gasteiger charge is 2.13. The van der Waals surface area contributed by atoms with E-state index in [-0.39, 0.29) is 10.6 Å². The maximum absolute atomic E-state index is 12.2. The first-order valence-electron chi connectivity index (χ1n) is 10.1. The summed E-state index contributed by atoms with van der Waals surface area (Å²) in [6.45, 7) is 4.67. The summed E-state index contributed by atoms with van der Waals surface area (Å²) in [7, 11) is 0.